The smallest absolute Gasteiger partial charge is 0.190 e. The fourth-order valence-electron chi connectivity index (χ4n) is 4.21. The molecule has 1 aliphatic heterocycles. The fraction of sp³-hybridized carbons (Fsp3) is 0.269. The van der Waals surface area contributed by atoms with Crippen LogP contribution in [0.25, 0.3) is 0 Å². The summed E-state index contributed by atoms with van der Waals surface area (Å²) < 4.78 is 0. The summed E-state index contributed by atoms with van der Waals surface area (Å²) in [7, 11) is 0. The van der Waals surface area contributed by atoms with Gasteiger partial charge in [-0.05, 0) is 17.9 Å². The lowest BCUT2D eigenvalue weighted by atomic mass is 9.80. The minimum absolute atomic E-state index is 0.0107. The number of Topliss-reactive ketones (excluding diaryl/α,β-unsaturated/α-hetero) is 1. The Morgan fingerprint density at radius 1 is 1.00 bits per heavy atom. The summed E-state index contributed by atoms with van der Waals surface area (Å²) in [6.07, 6.45) is 5.02. The van der Waals surface area contributed by atoms with Gasteiger partial charge in [0.05, 0.1) is 31.0 Å². The highest BCUT2D eigenvalue weighted by Gasteiger charge is 2.39. The highest BCUT2D eigenvalue weighted by Crippen LogP contribution is 2.35. The van der Waals surface area contributed by atoms with E-state index in [1.54, 1.807) is 12.1 Å². The van der Waals surface area contributed by atoms with Gasteiger partial charge in [0, 0.05) is 23.7 Å². The number of carbonyl (C=O) groups excluding carboxylic acids is 1. The van der Waals surface area contributed by atoms with E-state index < -0.39 is 0 Å². The highest BCUT2D eigenvalue weighted by molar-refractivity contribution is 6.09. The van der Waals surface area contributed by atoms with Gasteiger partial charge in [-0.3, -0.25) is 9.69 Å². The maximum Gasteiger partial charge on any atom is 0.190 e. The first-order valence-electron chi connectivity index (χ1n) is 10.2. The summed E-state index contributed by atoms with van der Waals surface area (Å²) >= 11 is 0. The summed E-state index contributed by atoms with van der Waals surface area (Å²) in [4.78, 5) is 15.6. The van der Waals surface area contributed by atoms with Crippen molar-refractivity contribution < 1.29 is 4.79 Å². The molecule has 0 saturated carbocycles. The van der Waals surface area contributed by atoms with Crippen molar-refractivity contribution in [2.24, 2.45) is 5.92 Å². The standard InChI is InChI=1S/C26H25N3O/c1-2-9-22-18-23(26(30)21-12-7-4-8-13-21)25(15-17-28)29(24(22)14-16-27)19-20-10-5-3-6-11-20/h2-8,10-13,18,22,24-25H,1,9,14-15,19H2/t22?,24-,25+/m1/s1. The molecule has 3 rings (SSSR count). The lowest BCUT2D eigenvalue weighted by Crippen LogP contribution is -2.51. The van der Waals surface area contributed by atoms with Crippen molar-refractivity contribution in [2.45, 2.75) is 37.9 Å². The predicted molar refractivity (Wildman–Crippen MR) is 117 cm³/mol. The van der Waals surface area contributed by atoms with E-state index in [9.17, 15) is 15.3 Å². The van der Waals surface area contributed by atoms with Gasteiger partial charge in [-0.2, -0.15) is 10.5 Å². The van der Waals surface area contributed by atoms with Crippen LogP contribution in [-0.2, 0) is 6.54 Å². The Morgan fingerprint density at radius 3 is 2.23 bits per heavy atom. The SMILES string of the molecule is C=CCC1C=C(C(=O)c2ccccc2)[C@H](CC#N)N(Cc2ccccc2)[C@@H]1CC#N. The van der Waals surface area contributed by atoms with Crippen molar-refractivity contribution in [3.8, 4) is 12.1 Å². The van der Waals surface area contributed by atoms with Gasteiger partial charge in [-0.15, -0.1) is 6.58 Å². The van der Waals surface area contributed by atoms with Crippen molar-refractivity contribution in [2.75, 3.05) is 0 Å². The number of hydrogen-bond donors (Lipinski definition) is 0. The van der Waals surface area contributed by atoms with Gasteiger partial charge < -0.3 is 0 Å². The molecule has 0 radical (unpaired) electrons. The van der Waals surface area contributed by atoms with E-state index in [2.05, 4.69) is 23.6 Å². The van der Waals surface area contributed by atoms with Crippen LogP contribution >= 0.6 is 0 Å². The minimum Gasteiger partial charge on any atom is -0.289 e. The first kappa shape index (κ1) is 21.2. The zero-order valence-corrected chi connectivity index (χ0v) is 16.9. The molecule has 1 aliphatic rings. The van der Waals surface area contributed by atoms with Crippen LogP contribution in [0.15, 0.2) is 85.0 Å². The van der Waals surface area contributed by atoms with Crippen LogP contribution in [-0.4, -0.2) is 22.8 Å². The second-order valence-electron chi connectivity index (χ2n) is 7.47. The molecule has 1 unspecified atom stereocenters. The van der Waals surface area contributed by atoms with E-state index in [4.69, 9.17) is 0 Å². The molecule has 0 saturated heterocycles. The van der Waals surface area contributed by atoms with E-state index in [1.165, 1.54) is 0 Å². The number of nitriles is 2. The lowest BCUT2D eigenvalue weighted by molar-refractivity contribution is 0.0844. The van der Waals surface area contributed by atoms with Crippen LogP contribution < -0.4 is 0 Å². The van der Waals surface area contributed by atoms with Crippen LogP contribution in [0.4, 0.5) is 0 Å². The molecular weight excluding hydrogens is 370 g/mol. The summed E-state index contributed by atoms with van der Waals surface area (Å²) in [5.41, 5.74) is 2.34. The van der Waals surface area contributed by atoms with Crippen molar-refractivity contribution in [3.05, 3.63) is 96.1 Å². The molecule has 0 fully saturated rings. The molecule has 4 nitrogen and oxygen atoms in total. The van der Waals surface area contributed by atoms with E-state index in [-0.39, 0.29) is 30.2 Å². The molecule has 0 aliphatic carbocycles. The number of ketones is 1. The third kappa shape index (κ3) is 4.74. The average molecular weight is 396 g/mol. The van der Waals surface area contributed by atoms with E-state index in [0.717, 1.165) is 5.56 Å². The summed E-state index contributed by atoms with van der Waals surface area (Å²) in [6.45, 7) is 4.45. The number of carbonyl (C=O) groups is 1. The molecule has 150 valence electrons. The Bertz CT molecular complexity index is 982. The van der Waals surface area contributed by atoms with Gasteiger partial charge in [-0.25, -0.2) is 0 Å². The molecule has 0 aromatic heterocycles. The van der Waals surface area contributed by atoms with Gasteiger partial charge in [0.25, 0.3) is 0 Å². The molecule has 3 atom stereocenters. The predicted octanol–water partition coefficient (Wildman–Crippen LogP) is 5.07. The molecule has 30 heavy (non-hydrogen) atoms. The van der Waals surface area contributed by atoms with Crippen LogP contribution in [0.2, 0.25) is 0 Å². The number of rotatable bonds is 8. The molecular formula is C26H25N3O. The van der Waals surface area contributed by atoms with Gasteiger partial charge in [0.15, 0.2) is 5.78 Å². The van der Waals surface area contributed by atoms with Gasteiger partial charge in [-0.1, -0.05) is 72.8 Å². The largest absolute Gasteiger partial charge is 0.289 e. The Kier molecular flexibility index (Phi) is 7.33. The van der Waals surface area contributed by atoms with Crippen LogP contribution in [0, 0.1) is 28.6 Å². The Morgan fingerprint density at radius 2 is 1.63 bits per heavy atom. The van der Waals surface area contributed by atoms with Gasteiger partial charge in [0.1, 0.15) is 0 Å². The van der Waals surface area contributed by atoms with Gasteiger partial charge in [0.2, 0.25) is 0 Å². The Labute approximate surface area is 178 Å². The molecule has 0 spiro atoms. The normalized spacial score (nSPS) is 21.1. The van der Waals surface area contributed by atoms with E-state index in [1.807, 2.05) is 60.7 Å². The lowest BCUT2D eigenvalue weighted by Gasteiger charge is -2.44. The fourth-order valence-corrected chi connectivity index (χ4v) is 4.21. The second kappa shape index (κ2) is 10.3. The second-order valence-corrected chi connectivity index (χ2v) is 7.47. The molecule has 2 aromatic rings. The minimum atomic E-state index is -0.359. The summed E-state index contributed by atoms with van der Waals surface area (Å²) in [5, 5.41) is 19.1. The Hall–Kier alpha value is -3.47. The van der Waals surface area contributed by atoms with Crippen LogP contribution in [0.3, 0.4) is 0 Å². The van der Waals surface area contributed by atoms with Crippen molar-refractivity contribution in [1.29, 1.82) is 10.5 Å². The van der Waals surface area contributed by atoms with Crippen LogP contribution in [0.5, 0.6) is 0 Å². The molecule has 2 aromatic carbocycles. The van der Waals surface area contributed by atoms with Crippen molar-refractivity contribution in [3.63, 3.8) is 0 Å². The maximum atomic E-state index is 13.4. The number of hydrogen-bond acceptors (Lipinski definition) is 4. The quantitative estimate of drug-likeness (QED) is 0.462. The van der Waals surface area contributed by atoms with Crippen LogP contribution in [0.1, 0.15) is 35.2 Å². The summed E-state index contributed by atoms with van der Waals surface area (Å²) in [5.74, 6) is -0.0677. The highest BCUT2D eigenvalue weighted by atomic mass is 16.1. The van der Waals surface area contributed by atoms with Gasteiger partial charge >= 0.3 is 0 Å². The average Bonchev–Trinajstić information content (AvgIpc) is 2.78. The van der Waals surface area contributed by atoms with Crippen molar-refractivity contribution >= 4 is 5.78 Å². The first-order chi connectivity index (χ1) is 14.7. The maximum absolute atomic E-state index is 13.4. The number of nitrogens with zero attached hydrogens (tertiary/aromatic N) is 3. The molecule has 0 amide bonds. The zero-order valence-electron chi connectivity index (χ0n) is 16.9. The molecule has 0 bridgehead atoms. The zero-order chi connectivity index (χ0) is 21.3. The number of benzene rings is 2. The van der Waals surface area contributed by atoms with E-state index >= 15 is 0 Å². The number of allylic oxidation sites excluding steroid dienone is 1. The topological polar surface area (TPSA) is 67.9 Å². The third-order valence-electron chi connectivity index (χ3n) is 5.60. The van der Waals surface area contributed by atoms with E-state index in [0.29, 0.717) is 30.5 Å². The first-order valence-corrected chi connectivity index (χ1v) is 10.2. The monoisotopic (exact) mass is 395 g/mol. The molecule has 1 heterocycles. The summed E-state index contributed by atoms with van der Waals surface area (Å²) in [6, 6.07) is 23.3. The Balaban J connectivity index is 2.08. The third-order valence-corrected chi connectivity index (χ3v) is 5.60. The molecule has 0 N–H and O–H groups in total. The van der Waals surface area contributed by atoms with Crippen molar-refractivity contribution in [1.82, 2.24) is 4.90 Å². The molecule has 4 heteroatoms.